The Hall–Kier alpha value is -5.45. The molecule has 3 N–H and O–H groups in total. The second-order valence-electron chi connectivity index (χ2n) is 12.2. The van der Waals surface area contributed by atoms with Gasteiger partial charge in [0.1, 0.15) is 23.4 Å². The van der Waals surface area contributed by atoms with Crippen molar-refractivity contribution in [1.82, 2.24) is 9.88 Å². The molecule has 0 radical (unpaired) electrons. The molecule has 47 heavy (non-hydrogen) atoms. The van der Waals surface area contributed by atoms with Gasteiger partial charge in [-0.1, -0.05) is 39.0 Å². The number of nitrogens with zero attached hydrogens (tertiary/aromatic N) is 2. The summed E-state index contributed by atoms with van der Waals surface area (Å²) < 4.78 is 25.6. The van der Waals surface area contributed by atoms with Gasteiger partial charge in [-0.15, -0.1) is 0 Å². The fraction of sp³-hybridized carbons (Fsp3) is 0.278. The second kappa shape index (κ2) is 14.3. The number of pyridine rings is 1. The summed E-state index contributed by atoms with van der Waals surface area (Å²) in [6, 6.07) is 19.4. The molecule has 0 unspecified atom stereocenters. The molecule has 0 bridgehead atoms. The number of para-hydroxylation sites is 1. The minimum Gasteiger partial charge on any atom is -0.497 e. The Labute approximate surface area is 273 Å². The first-order valence-electron chi connectivity index (χ1n) is 15.3. The molecule has 0 atom stereocenters. The van der Waals surface area contributed by atoms with Gasteiger partial charge in [-0.25, -0.2) is 9.18 Å². The largest absolute Gasteiger partial charge is 0.497 e. The molecule has 1 aliphatic heterocycles. The number of nitrogens with one attached hydrogen (secondary N) is 3. The number of halogens is 1. The number of aromatic nitrogens is 1. The summed E-state index contributed by atoms with van der Waals surface area (Å²) in [5, 5.41) is 8.35. The fourth-order valence-electron chi connectivity index (χ4n) is 5.12. The molecule has 0 aliphatic carbocycles. The Morgan fingerprint density at radius 1 is 0.851 bits per heavy atom. The van der Waals surface area contributed by atoms with Crippen LogP contribution in [0.15, 0.2) is 85.2 Å². The SMILES string of the molecule is COc1ccc(C(=O)Nc2cnccc2NC(=O)c2ccc(C(C)(C)C)cc2OC2CCN(C(=O)Nc3ccccc3F)CC2)cc1. The average molecular weight is 640 g/mol. The number of hydrogen-bond acceptors (Lipinski definition) is 6. The van der Waals surface area contributed by atoms with Gasteiger partial charge in [0.15, 0.2) is 0 Å². The van der Waals surface area contributed by atoms with Crippen molar-refractivity contribution < 1.29 is 28.2 Å². The lowest BCUT2D eigenvalue weighted by Gasteiger charge is -2.33. The van der Waals surface area contributed by atoms with Crippen LogP contribution in [-0.2, 0) is 5.41 Å². The van der Waals surface area contributed by atoms with Gasteiger partial charge in [0.2, 0.25) is 0 Å². The van der Waals surface area contributed by atoms with E-state index in [-0.39, 0.29) is 29.1 Å². The zero-order chi connectivity index (χ0) is 33.6. The Kier molecular flexibility index (Phi) is 10.0. The molecule has 3 aromatic carbocycles. The molecular formula is C36H38FN5O5. The van der Waals surface area contributed by atoms with E-state index in [1.807, 2.05) is 12.1 Å². The van der Waals surface area contributed by atoms with Crippen molar-refractivity contribution >= 4 is 34.9 Å². The summed E-state index contributed by atoms with van der Waals surface area (Å²) in [5.41, 5.74) is 2.34. The first kappa shape index (κ1) is 32.9. The minimum atomic E-state index is -0.498. The average Bonchev–Trinajstić information content (AvgIpc) is 3.06. The predicted molar refractivity (Wildman–Crippen MR) is 179 cm³/mol. The number of rotatable bonds is 8. The third kappa shape index (κ3) is 8.23. The predicted octanol–water partition coefficient (Wildman–Crippen LogP) is 7.11. The Bertz CT molecular complexity index is 1750. The number of hydrogen-bond donors (Lipinski definition) is 3. The van der Waals surface area contributed by atoms with Crippen molar-refractivity contribution in [2.24, 2.45) is 0 Å². The van der Waals surface area contributed by atoms with Gasteiger partial charge in [-0.2, -0.15) is 0 Å². The van der Waals surface area contributed by atoms with E-state index >= 15 is 0 Å². The van der Waals surface area contributed by atoms with E-state index in [1.54, 1.807) is 60.5 Å². The zero-order valence-electron chi connectivity index (χ0n) is 26.8. The van der Waals surface area contributed by atoms with E-state index in [4.69, 9.17) is 9.47 Å². The molecule has 4 amide bonds. The molecule has 0 saturated carbocycles. The number of methoxy groups -OCH3 is 1. The van der Waals surface area contributed by atoms with Gasteiger partial charge in [0, 0.05) is 37.7 Å². The molecule has 4 aromatic rings. The lowest BCUT2D eigenvalue weighted by Crippen LogP contribution is -2.44. The topological polar surface area (TPSA) is 122 Å². The first-order chi connectivity index (χ1) is 22.5. The highest BCUT2D eigenvalue weighted by molar-refractivity contribution is 6.10. The maximum Gasteiger partial charge on any atom is 0.321 e. The zero-order valence-corrected chi connectivity index (χ0v) is 26.8. The number of amides is 4. The van der Waals surface area contributed by atoms with Crippen molar-refractivity contribution in [2.75, 3.05) is 36.1 Å². The number of anilines is 3. The quantitative estimate of drug-likeness (QED) is 0.189. The maximum absolute atomic E-state index is 14.0. The van der Waals surface area contributed by atoms with Crippen molar-refractivity contribution in [3.63, 3.8) is 0 Å². The van der Waals surface area contributed by atoms with E-state index in [0.717, 1.165) is 5.56 Å². The van der Waals surface area contributed by atoms with Crippen LogP contribution in [0.4, 0.5) is 26.2 Å². The number of carbonyl (C=O) groups is 3. The van der Waals surface area contributed by atoms with Gasteiger partial charge in [0.25, 0.3) is 11.8 Å². The number of likely N-dealkylation sites (tertiary alicyclic amines) is 1. The summed E-state index contributed by atoms with van der Waals surface area (Å²) in [7, 11) is 1.55. The summed E-state index contributed by atoms with van der Waals surface area (Å²) in [4.78, 5) is 45.2. The van der Waals surface area contributed by atoms with Crippen LogP contribution in [0.2, 0.25) is 0 Å². The minimum absolute atomic E-state index is 0.128. The highest BCUT2D eigenvalue weighted by atomic mass is 19.1. The van der Waals surface area contributed by atoms with Crippen LogP contribution in [0.1, 0.15) is 59.9 Å². The summed E-state index contributed by atoms with van der Waals surface area (Å²) in [6.07, 6.45) is 3.78. The smallest absolute Gasteiger partial charge is 0.321 e. The lowest BCUT2D eigenvalue weighted by atomic mass is 9.86. The molecule has 1 saturated heterocycles. The summed E-state index contributed by atoms with van der Waals surface area (Å²) >= 11 is 0. The van der Waals surface area contributed by atoms with Crippen LogP contribution in [0.25, 0.3) is 0 Å². The normalized spacial score (nSPS) is 13.4. The van der Waals surface area contributed by atoms with Crippen LogP contribution in [-0.4, -0.2) is 54.0 Å². The summed E-state index contributed by atoms with van der Waals surface area (Å²) in [6.45, 7) is 7.03. The highest BCUT2D eigenvalue weighted by Crippen LogP contribution is 2.32. The van der Waals surface area contributed by atoms with E-state index < -0.39 is 11.7 Å². The number of ether oxygens (including phenoxy) is 2. The third-order valence-electron chi connectivity index (χ3n) is 7.90. The molecule has 1 aromatic heterocycles. The number of benzene rings is 3. The Morgan fingerprint density at radius 2 is 1.55 bits per heavy atom. The van der Waals surface area contributed by atoms with E-state index in [9.17, 15) is 18.8 Å². The second-order valence-corrected chi connectivity index (χ2v) is 12.2. The third-order valence-corrected chi connectivity index (χ3v) is 7.90. The van der Waals surface area contributed by atoms with Crippen molar-refractivity contribution in [1.29, 1.82) is 0 Å². The van der Waals surface area contributed by atoms with Crippen LogP contribution >= 0.6 is 0 Å². The van der Waals surface area contributed by atoms with Crippen LogP contribution in [0.3, 0.4) is 0 Å². The molecule has 11 heteroatoms. The van der Waals surface area contributed by atoms with E-state index in [0.29, 0.717) is 59.9 Å². The van der Waals surface area contributed by atoms with Crippen molar-refractivity contribution in [2.45, 2.75) is 45.1 Å². The first-order valence-corrected chi connectivity index (χ1v) is 15.3. The molecule has 10 nitrogen and oxygen atoms in total. The van der Waals surface area contributed by atoms with Gasteiger partial charge in [0.05, 0.1) is 35.9 Å². The highest BCUT2D eigenvalue weighted by Gasteiger charge is 2.27. The lowest BCUT2D eigenvalue weighted by molar-refractivity contribution is 0.0990. The molecular weight excluding hydrogens is 601 g/mol. The molecule has 0 spiro atoms. The number of carbonyl (C=O) groups excluding carboxylic acids is 3. The Morgan fingerprint density at radius 3 is 2.23 bits per heavy atom. The molecule has 5 rings (SSSR count). The van der Waals surface area contributed by atoms with Gasteiger partial charge >= 0.3 is 6.03 Å². The van der Waals surface area contributed by atoms with Crippen molar-refractivity contribution in [3.8, 4) is 11.5 Å². The van der Waals surface area contributed by atoms with Gasteiger partial charge < -0.3 is 30.3 Å². The number of urea groups is 1. The van der Waals surface area contributed by atoms with Crippen LogP contribution < -0.4 is 25.4 Å². The maximum atomic E-state index is 14.0. The standard InChI is InChI=1S/C36H38FN5O5/c1-36(2,3)24-11-14-27(32(21-24)47-26-16-19-42(20-17-26)35(45)41-29-8-6-5-7-28(29)37)34(44)39-30-15-18-38-22-31(30)40-33(43)23-9-12-25(46-4)13-10-23/h5-15,18,21-22,26H,16-17,19-20H2,1-4H3,(H,40,43)(H,41,45)(H,38,39,44). The summed E-state index contributed by atoms with van der Waals surface area (Å²) in [5.74, 6) is -0.247. The van der Waals surface area contributed by atoms with E-state index in [2.05, 4.69) is 41.7 Å². The van der Waals surface area contributed by atoms with Crippen LogP contribution in [0, 0.1) is 5.82 Å². The fourth-order valence-corrected chi connectivity index (χ4v) is 5.12. The van der Waals surface area contributed by atoms with Crippen molar-refractivity contribution in [3.05, 3.63) is 108 Å². The molecule has 1 aliphatic rings. The molecule has 244 valence electrons. The van der Waals surface area contributed by atoms with Gasteiger partial charge in [-0.05, 0) is 65.6 Å². The van der Waals surface area contributed by atoms with Gasteiger partial charge in [-0.3, -0.25) is 14.6 Å². The molecule has 2 heterocycles. The monoisotopic (exact) mass is 639 g/mol. The number of piperidine rings is 1. The van der Waals surface area contributed by atoms with Crippen LogP contribution in [0.5, 0.6) is 11.5 Å². The Balaban J connectivity index is 1.29. The van der Waals surface area contributed by atoms with E-state index in [1.165, 1.54) is 24.5 Å². The molecule has 1 fully saturated rings.